The molecule has 19 heavy (non-hydrogen) atoms. The molecule has 0 unspecified atom stereocenters. The van der Waals surface area contributed by atoms with Gasteiger partial charge in [0.2, 0.25) is 0 Å². The van der Waals surface area contributed by atoms with Crippen molar-refractivity contribution >= 4 is 15.9 Å². The van der Waals surface area contributed by atoms with Crippen LogP contribution in [0.25, 0.3) is 0 Å². The first-order chi connectivity index (χ1) is 8.85. The molecule has 2 atom stereocenters. The third kappa shape index (κ3) is 3.73. The number of furan rings is 1. The number of aryl methyl sites for hydroxylation is 1. The van der Waals surface area contributed by atoms with Crippen molar-refractivity contribution in [1.82, 2.24) is 10.6 Å². The fraction of sp³-hybridized carbons (Fsp3) is 0.583. The Morgan fingerprint density at radius 1 is 1.47 bits per heavy atom. The van der Waals surface area contributed by atoms with Crippen LogP contribution in [-0.4, -0.2) is 32.0 Å². The third-order valence-electron chi connectivity index (χ3n) is 3.10. The topological polar surface area (TPSA) is 88.4 Å². The van der Waals surface area contributed by atoms with Gasteiger partial charge in [0.1, 0.15) is 11.5 Å². The van der Waals surface area contributed by atoms with E-state index < -0.39 is 9.84 Å². The zero-order chi connectivity index (χ0) is 14.0. The molecule has 0 spiro atoms. The van der Waals surface area contributed by atoms with Gasteiger partial charge in [0.25, 0.3) is 0 Å². The molecule has 6 nitrogen and oxygen atoms in total. The van der Waals surface area contributed by atoms with Crippen molar-refractivity contribution in [3.8, 4) is 0 Å². The van der Waals surface area contributed by atoms with E-state index in [9.17, 15) is 13.2 Å². The maximum atomic E-state index is 11.7. The van der Waals surface area contributed by atoms with Crippen LogP contribution in [0, 0.1) is 6.92 Å². The largest absolute Gasteiger partial charge is 0.464 e. The van der Waals surface area contributed by atoms with Crippen molar-refractivity contribution in [1.29, 1.82) is 0 Å². The Hall–Kier alpha value is -1.50. The van der Waals surface area contributed by atoms with E-state index in [0.29, 0.717) is 12.2 Å². The van der Waals surface area contributed by atoms with Gasteiger partial charge in [0.05, 0.1) is 17.5 Å². The second kappa shape index (κ2) is 5.24. The van der Waals surface area contributed by atoms with Crippen LogP contribution in [0.2, 0.25) is 0 Å². The molecule has 2 amide bonds. The number of nitrogens with one attached hydrogen (secondary N) is 2. The number of sulfone groups is 1. The summed E-state index contributed by atoms with van der Waals surface area (Å²) in [6.07, 6.45) is 0.476. The molecule has 0 bridgehead atoms. The van der Waals surface area contributed by atoms with Crippen LogP contribution in [0.15, 0.2) is 16.5 Å². The van der Waals surface area contributed by atoms with Gasteiger partial charge >= 0.3 is 6.03 Å². The lowest BCUT2D eigenvalue weighted by Crippen LogP contribution is -2.43. The molecular formula is C12H18N2O4S. The van der Waals surface area contributed by atoms with Crippen LogP contribution in [0.4, 0.5) is 4.79 Å². The normalized spacial score (nSPS) is 22.9. The maximum Gasteiger partial charge on any atom is 0.315 e. The minimum atomic E-state index is -2.98. The van der Waals surface area contributed by atoms with E-state index >= 15 is 0 Å². The molecule has 1 aliphatic heterocycles. The van der Waals surface area contributed by atoms with Crippen molar-refractivity contribution in [3.63, 3.8) is 0 Å². The van der Waals surface area contributed by atoms with Gasteiger partial charge in [-0.2, -0.15) is 0 Å². The molecule has 2 rings (SSSR count). The van der Waals surface area contributed by atoms with Gasteiger partial charge in [-0.1, -0.05) is 0 Å². The van der Waals surface area contributed by atoms with E-state index in [1.54, 1.807) is 6.07 Å². The van der Waals surface area contributed by atoms with Crippen molar-refractivity contribution < 1.29 is 17.6 Å². The van der Waals surface area contributed by atoms with Gasteiger partial charge in [0.15, 0.2) is 9.84 Å². The number of hydrogen-bond acceptors (Lipinski definition) is 4. The number of urea groups is 1. The molecule has 1 aromatic heterocycles. The number of carbonyl (C=O) groups is 1. The van der Waals surface area contributed by atoms with Gasteiger partial charge in [-0.3, -0.25) is 0 Å². The van der Waals surface area contributed by atoms with Gasteiger partial charge in [-0.05, 0) is 32.4 Å². The summed E-state index contributed by atoms with van der Waals surface area (Å²) in [4.78, 5) is 11.7. The average molecular weight is 286 g/mol. The molecule has 1 aromatic rings. The minimum absolute atomic E-state index is 0.0225. The number of carbonyl (C=O) groups excluding carboxylic acids is 1. The van der Waals surface area contributed by atoms with Crippen molar-refractivity contribution in [2.24, 2.45) is 0 Å². The Labute approximate surface area is 112 Å². The lowest BCUT2D eigenvalue weighted by atomic mass is 10.2. The Kier molecular flexibility index (Phi) is 3.84. The van der Waals surface area contributed by atoms with Crippen molar-refractivity contribution in [2.45, 2.75) is 32.4 Å². The summed E-state index contributed by atoms with van der Waals surface area (Å²) in [6.45, 7) is 3.64. The lowest BCUT2D eigenvalue weighted by Gasteiger charge is -2.15. The zero-order valence-corrected chi connectivity index (χ0v) is 11.8. The van der Waals surface area contributed by atoms with Crippen LogP contribution in [0.1, 0.15) is 30.9 Å². The van der Waals surface area contributed by atoms with Crippen LogP contribution in [-0.2, 0) is 9.84 Å². The Balaban J connectivity index is 1.85. The van der Waals surface area contributed by atoms with E-state index in [1.165, 1.54) is 0 Å². The Morgan fingerprint density at radius 3 is 2.74 bits per heavy atom. The van der Waals surface area contributed by atoms with Crippen molar-refractivity contribution in [3.05, 3.63) is 23.7 Å². The summed E-state index contributed by atoms with van der Waals surface area (Å²) in [5.74, 6) is 1.62. The van der Waals surface area contributed by atoms with Gasteiger partial charge in [-0.15, -0.1) is 0 Å². The molecule has 106 valence electrons. The SMILES string of the molecule is Cc1ccc([C@@H](C)NC(=O)N[C@@H]2CCS(=O)(=O)C2)o1. The number of amides is 2. The predicted octanol–water partition coefficient (Wildman–Crippen LogP) is 1.14. The number of rotatable bonds is 3. The summed E-state index contributed by atoms with van der Waals surface area (Å²) in [6, 6.07) is 2.71. The highest BCUT2D eigenvalue weighted by Crippen LogP contribution is 2.16. The van der Waals surface area contributed by atoms with Crippen LogP contribution in [0.3, 0.4) is 0 Å². The highest BCUT2D eigenvalue weighted by atomic mass is 32.2. The van der Waals surface area contributed by atoms with E-state index in [1.807, 2.05) is 19.9 Å². The Bertz CT molecular complexity index is 564. The smallest absolute Gasteiger partial charge is 0.315 e. The quantitative estimate of drug-likeness (QED) is 0.872. The Morgan fingerprint density at radius 2 is 2.21 bits per heavy atom. The molecule has 1 fully saturated rings. The summed E-state index contributed by atoms with van der Waals surface area (Å²) < 4.78 is 28.0. The summed E-state index contributed by atoms with van der Waals surface area (Å²) in [7, 11) is -2.98. The van der Waals surface area contributed by atoms with E-state index in [2.05, 4.69) is 10.6 Å². The number of hydrogen-bond donors (Lipinski definition) is 2. The maximum absolute atomic E-state index is 11.7. The molecule has 2 heterocycles. The predicted molar refractivity (Wildman–Crippen MR) is 70.6 cm³/mol. The summed E-state index contributed by atoms with van der Waals surface area (Å²) in [5, 5.41) is 5.40. The van der Waals surface area contributed by atoms with Crippen LogP contribution < -0.4 is 10.6 Å². The highest BCUT2D eigenvalue weighted by molar-refractivity contribution is 7.91. The van der Waals surface area contributed by atoms with E-state index in [4.69, 9.17) is 4.42 Å². The van der Waals surface area contributed by atoms with Gasteiger partial charge in [0, 0.05) is 6.04 Å². The molecule has 0 aromatic carbocycles. The monoisotopic (exact) mass is 286 g/mol. The zero-order valence-electron chi connectivity index (χ0n) is 11.0. The fourth-order valence-electron chi connectivity index (χ4n) is 2.09. The van der Waals surface area contributed by atoms with Crippen LogP contribution >= 0.6 is 0 Å². The second-order valence-electron chi connectivity index (χ2n) is 4.89. The average Bonchev–Trinajstić information content (AvgIpc) is 2.85. The molecule has 0 radical (unpaired) electrons. The molecule has 1 saturated heterocycles. The summed E-state index contributed by atoms with van der Waals surface area (Å²) >= 11 is 0. The lowest BCUT2D eigenvalue weighted by molar-refractivity contribution is 0.233. The van der Waals surface area contributed by atoms with Gasteiger partial charge < -0.3 is 15.1 Å². The molecule has 2 N–H and O–H groups in total. The molecule has 0 aliphatic carbocycles. The molecule has 7 heteroatoms. The van der Waals surface area contributed by atoms with Crippen molar-refractivity contribution in [2.75, 3.05) is 11.5 Å². The molecular weight excluding hydrogens is 268 g/mol. The third-order valence-corrected chi connectivity index (χ3v) is 4.87. The second-order valence-corrected chi connectivity index (χ2v) is 7.12. The molecule has 0 saturated carbocycles. The first-order valence-corrected chi connectivity index (χ1v) is 8.01. The minimum Gasteiger partial charge on any atom is -0.464 e. The first kappa shape index (κ1) is 13.9. The molecule has 1 aliphatic rings. The van der Waals surface area contributed by atoms with Gasteiger partial charge in [-0.25, -0.2) is 13.2 Å². The van der Waals surface area contributed by atoms with E-state index in [-0.39, 0.29) is 29.6 Å². The fourth-order valence-corrected chi connectivity index (χ4v) is 3.76. The van der Waals surface area contributed by atoms with Crippen LogP contribution in [0.5, 0.6) is 0 Å². The first-order valence-electron chi connectivity index (χ1n) is 6.19. The highest BCUT2D eigenvalue weighted by Gasteiger charge is 2.29. The summed E-state index contributed by atoms with van der Waals surface area (Å²) in [5.41, 5.74) is 0. The van der Waals surface area contributed by atoms with E-state index in [0.717, 1.165) is 5.76 Å². The standard InChI is InChI=1S/C12H18N2O4S/c1-8-3-4-11(18-8)9(2)13-12(15)14-10-5-6-19(16,17)7-10/h3-4,9-10H,5-7H2,1-2H3,(H2,13,14,15)/t9-,10-/m1/s1.